The number of primary amides is 1. The molecule has 1 amide bonds. The standard InChI is InChI=1S/C11H22N2O/c1-2-13-11(10(12)14)8-6-4-3-5-7-9-11/h13H,2-9H2,1H3,(H2,12,14). The van der Waals surface area contributed by atoms with Gasteiger partial charge in [0.15, 0.2) is 0 Å². The smallest absolute Gasteiger partial charge is 0.237 e. The van der Waals surface area contributed by atoms with Crippen LogP contribution in [-0.4, -0.2) is 18.0 Å². The van der Waals surface area contributed by atoms with E-state index in [0.29, 0.717) is 0 Å². The first-order valence-electron chi connectivity index (χ1n) is 5.76. The first-order chi connectivity index (χ1) is 6.71. The van der Waals surface area contributed by atoms with E-state index in [1.807, 2.05) is 6.92 Å². The van der Waals surface area contributed by atoms with E-state index < -0.39 is 5.54 Å². The number of nitrogens with two attached hydrogens (primary N) is 1. The Morgan fingerprint density at radius 1 is 1.21 bits per heavy atom. The fraction of sp³-hybridized carbons (Fsp3) is 0.909. The molecule has 3 nitrogen and oxygen atoms in total. The second kappa shape index (κ2) is 5.35. The van der Waals surface area contributed by atoms with Gasteiger partial charge in [0.05, 0.1) is 5.54 Å². The lowest BCUT2D eigenvalue weighted by Crippen LogP contribution is -2.55. The number of carbonyl (C=O) groups excluding carboxylic acids is 1. The maximum Gasteiger partial charge on any atom is 0.237 e. The highest BCUT2D eigenvalue weighted by molar-refractivity contribution is 5.84. The van der Waals surface area contributed by atoms with Crippen LogP contribution in [0.4, 0.5) is 0 Å². The number of hydrogen-bond donors (Lipinski definition) is 2. The van der Waals surface area contributed by atoms with E-state index in [1.165, 1.54) is 19.3 Å². The van der Waals surface area contributed by atoms with E-state index >= 15 is 0 Å². The predicted octanol–water partition coefficient (Wildman–Crippen LogP) is 1.56. The molecule has 0 aromatic carbocycles. The first kappa shape index (κ1) is 11.5. The molecule has 0 spiro atoms. The summed E-state index contributed by atoms with van der Waals surface area (Å²) in [6.45, 7) is 2.85. The van der Waals surface area contributed by atoms with Crippen LogP contribution in [0.3, 0.4) is 0 Å². The Balaban J connectivity index is 2.65. The maximum absolute atomic E-state index is 11.5. The molecule has 1 aliphatic rings. The zero-order valence-electron chi connectivity index (χ0n) is 9.14. The summed E-state index contributed by atoms with van der Waals surface area (Å²) in [5.41, 5.74) is 5.10. The number of carbonyl (C=O) groups is 1. The first-order valence-corrected chi connectivity index (χ1v) is 5.76. The summed E-state index contributed by atoms with van der Waals surface area (Å²) < 4.78 is 0. The summed E-state index contributed by atoms with van der Waals surface area (Å²) >= 11 is 0. The number of rotatable bonds is 3. The van der Waals surface area contributed by atoms with Gasteiger partial charge in [-0.15, -0.1) is 0 Å². The second-order valence-electron chi connectivity index (χ2n) is 4.24. The molecule has 82 valence electrons. The zero-order chi connectivity index (χ0) is 10.4. The molecule has 0 heterocycles. The highest BCUT2D eigenvalue weighted by atomic mass is 16.1. The molecule has 14 heavy (non-hydrogen) atoms. The van der Waals surface area contributed by atoms with Gasteiger partial charge in [0.25, 0.3) is 0 Å². The van der Waals surface area contributed by atoms with E-state index in [2.05, 4.69) is 5.32 Å². The van der Waals surface area contributed by atoms with Crippen LogP contribution >= 0.6 is 0 Å². The number of amides is 1. The monoisotopic (exact) mass is 198 g/mol. The van der Waals surface area contributed by atoms with Crippen LogP contribution in [0.2, 0.25) is 0 Å². The van der Waals surface area contributed by atoms with Gasteiger partial charge in [0.1, 0.15) is 0 Å². The number of likely N-dealkylation sites (N-methyl/N-ethyl adjacent to an activating group) is 1. The minimum Gasteiger partial charge on any atom is -0.368 e. The summed E-state index contributed by atoms with van der Waals surface area (Å²) in [6.07, 6.45) is 7.85. The van der Waals surface area contributed by atoms with Gasteiger partial charge in [-0.05, 0) is 19.4 Å². The topological polar surface area (TPSA) is 55.1 Å². The van der Waals surface area contributed by atoms with Crippen molar-refractivity contribution in [1.29, 1.82) is 0 Å². The molecule has 0 saturated heterocycles. The molecule has 3 N–H and O–H groups in total. The largest absolute Gasteiger partial charge is 0.368 e. The molecule has 3 heteroatoms. The fourth-order valence-electron chi connectivity index (χ4n) is 2.36. The third kappa shape index (κ3) is 2.71. The van der Waals surface area contributed by atoms with Crippen molar-refractivity contribution in [3.8, 4) is 0 Å². The van der Waals surface area contributed by atoms with Crippen molar-refractivity contribution in [3.05, 3.63) is 0 Å². The molecule has 0 atom stereocenters. The summed E-state index contributed by atoms with van der Waals surface area (Å²) in [5.74, 6) is -0.166. The molecule has 0 radical (unpaired) electrons. The van der Waals surface area contributed by atoms with Crippen molar-refractivity contribution in [3.63, 3.8) is 0 Å². The van der Waals surface area contributed by atoms with Crippen molar-refractivity contribution >= 4 is 5.91 Å². The summed E-state index contributed by atoms with van der Waals surface area (Å²) in [5, 5.41) is 3.29. The van der Waals surface area contributed by atoms with Crippen molar-refractivity contribution in [2.45, 2.75) is 57.4 Å². The van der Waals surface area contributed by atoms with E-state index in [0.717, 1.165) is 32.2 Å². The Labute approximate surface area is 86.4 Å². The summed E-state index contributed by atoms with van der Waals surface area (Å²) in [4.78, 5) is 11.5. The minimum atomic E-state index is -0.408. The average Bonchev–Trinajstić information content (AvgIpc) is 2.09. The minimum absolute atomic E-state index is 0.166. The highest BCUT2D eigenvalue weighted by Crippen LogP contribution is 2.25. The van der Waals surface area contributed by atoms with Gasteiger partial charge in [0, 0.05) is 0 Å². The van der Waals surface area contributed by atoms with Crippen LogP contribution in [0.25, 0.3) is 0 Å². The maximum atomic E-state index is 11.5. The second-order valence-corrected chi connectivity index (χ2v) is 4.24. The summed E-state index contributed by atoms with van der Waals surface area (Å²) in [6, 6.07) is 0. The van der Waals surface area contributed by atoms with Gasteiger partial charge in [0.2, 0.25) is 5.91 Å². The van der Waals surface area contributed by atoms with Crippen molar-refractivity contribution in [2.75, 3.05) is 6.54 Å². The van der Waals surface area contributed by atoms with Crippen LogP contribution in [-0.2, 0) is 4.79 Å². The lowest BCUT2D eigenvalue weighted by Gasteiger charge is -2.33. The molecule has 1 aliphatic carbocycles. The normalized spacial score (nSPS) is 22.4. The van der Waals surface area contributed by atoms with E-state index in [1.54, 1.807) is 0 Å². The van der Waals surface area contributed by atoms with Crippen LogP contribution < -0.4 is 11.1 Å². The van der Waals surface area contributed by atoms with Gasteiger partial charge in [-0.1, -0.05) is 39.0 Å². The zero-order valence-corrected chi connectivity index (χ0v) is 9.14. The molecular weight excluding hydrogens is 176 g/mol. The lowest BCUT2D eigenvalue weighted by atomic mass is 9.83. The molecule has 1 fully saturated rings. The highest BCUT2D eigenvalue weighted by Gasteiger charge is 2.34. The lowest BCUT2D eigenvalue weighted by molar-refractivity contribution is -0.125. The number of nitrogens with one attached hydrogen (secondary N) is 1. The Morgan fingerprint density at radius 2 is 1.71 bits per heavy atom. The number of hydrogen-bond acceptors (Lipinski definition) is 2. The quantitative estimate of drug-likeness (QED) is 0.723. The predicted molar refractivity (Wildman–Crippen MR) is 57.9 cm³/mol. The van der Waals surface area contributed by atoms with Crippen LogP contribution in [0.5, 0.6) is 0 Å². The third-order valence-electron chi connectivity index (χ3n) is 3.19. The third-order valence-corrected chi connectivity index (χ3v) is 3.19. The SMILES string of the molecule is CCNC1(C(N)=O)CCCCCCC1. The molecule has 0 aliphatic heterocycles. The Bertz CT molecular complexity index is 184. The van der Waals surface area contributed by atoms with Crippen LogP contribution in [0.1, 0.15) is 51.9 Å². The van der Waals surface area contributed by atoms with Crippen LogP contribution in [0, 0.1) is 0 Å². The van der Waals surface area contributed by atoms with Gasteiger partial charge in [-0.2, -0.15) is 0 Å². The molecule has 1 rings (SSSR count). The summed E-state index contributed by atoms with van der Waals surface area (Å²) in [7, 11) is 0. The van der Waals surface area contributed by atoms with E-state index in [9.17, 15) is 4.79 Å². The Hall–Kier alpha value is -0.570. The van der Waals surface area contributed by atoms with E-state index in [-0.39, 0.29) is 5.91 Å². The molecule has 1 saturated carbocycles. The van der Waals surface area contributed by atoms with Gasteiger partial charge in [-0.25, -0.2) is 0 Å². The van der Waals surface area contributed by atoms with Crippen molar-refractivity contribution in [1.82, 2.24) is 5.32 Å². The van der Waals surface area contributed by atoms with Gasteiger partial charge >= 0.3 is 0 Å². The van der Waals surface area contributed by atoms with E-state index in [4.69, 9.17) is 5.73 Å². The average molecular weight is 198 g/mol. The molecule has 0 aromatic heterocycles. The molecule has 0 unspecified atom stereocenters. The van der Waals surface area contributed by atoms with Gasteiger partial charge < -0.3 is 11.1 Å². The van der Waals surface area contributed by atoms with Crippen LogP contribution in [0.15, 0.2) is 0 Å². The molecule has 0 aromatic rings. The Kier molecular flexibility index (Phi) is 4.39. The Morgan fingerprint density at radius 3 is 2.14 bits per heavy atom. The van der Waals surface area contributed by atoms with Crippen molar-refractivity contribution < 1.29 is 4.79 Å². The van der Waals surface area contributed by atoms with Crippen molar-refractivity contribution in [2.24, 2.45) is 5.73 Å². The molecular formula is C11H22N2O. The van der Waals surface area contributed by atoms with Gasteiger partial charge in [-0.3, -0.25) is 4.79 Å². The molecule has 0 bridgehead atoms. The fourth-order valence-corrected chi connectivity index (χ4v) is 2.36.